The third-order valence-corrected chi connectivity index (χ3v) is 4.66. The van der Waals surface area contributed by atoms with Gasteiger partial charge in [0.2, 0.25) is 0 Å². The zero-order valence-electron chi connectivity index (χ0n) is 11.0. The Hall–Kier alpha value is -1.72. The fourth-order valence-corrected chi connectivity index (χ4v) is 3.34. The molecule has 0 aliphatic carbocycles. The molecule has 6 heteroatoms. The Labute approximate surface area is 123 Å². The molecule has 2 rings (SSSR count). The van der Waals surface area contributed by atoms with Gasteiger partial charge in [0.1, 0.15) is 5.75 Å². The van der Waals surface area contributed by atoms with Crippen LogP contribution < -0.4 is 4.72 Å². The lowest BCUT2D eigenvalue weighted by Crippen LogP contribution is -2.14. The number of benzene rings is 2. The van der Waals surface area contributed by atoms with Crippen LogP contribution in [0, 0.1) is 13.8 Å². The Balaban J connectivity index is 2.40. The smallest absolute Gasteiger partial charge is 0.262 e. The topological polar surface area (TPSA) is 66.4 Å². The van der Waals surface area contributed by atoms with E-state index in [9.17, 15) is 13.5 Å². The van der Waals surface area contributed by atoms with Crippen molar-refractivity contribution in [2.24, 2.45) is 0 Å². The lowest BCUT2D eigenvalue weighted by Gasteiger charge is -2.11. The van der Waals surface area contributed by atoms with Gasteiger partial charge in [-0.2, -0.15) is 0 Å². The van der Waals surface area contributed by atoms with Gasteiger partial charge in [0, 0.05) is 0 Å². The summed E-state index contributed by atoms with van der Waals surface area (Å²) in [6.45, 7) is 3.56. The maximum absolute atomic E-state index is 12.4. The fraction of sp³-hybridized carbons (Fsp3) is 0.143. The Morgan fingerprint density at radius 1 is 1.10 bits per heavy atom. The molecule has 2 aromatic carbocycles. The summed E-state index contributed by atoms with van der Waals surface area (Å²) in [5.41, 5.74) is 1.82. The minimum Gasteiger partial charge on any atom is -0.506 e. The van der Waals surface area contributed by atoms with Crippen molar-refractivity contribution in [3.8, 4) is 5.75 Å². The van der Waals surface area contributed by atoms with Crippen molar-refractivity contribution in [1.82, 2.24) is 0 Å². The summed E-state index contributed by atoms with van der Waals surface area (Å²) in [4.78, 5) is 0.224. The summed E-state index contributed by atoms with van der Waals surface area (Å²) in [6.07, 6.45) is 0. The number of halogens is 1. The minimum atomic E-state index is -3.69. The maximum atomic E-state index is 12.4. The van der Waals surface area contributed by atoms with E-state index >= 15 is 0 Å². The van der Waals surface area contributed by atoms with Gasteiger partial charge >= 0.3 is 0 Å². The van der Waals surface area contributed by atoms with Gasteiger partial charge in [-0.25, -0.2) is 8.42 Å². The monoisotopic (exact) mass is 311 g/mol. The van der Waals surface area contributed by atoms with Crippen LogP contribution in [0.3, 0.4) is 0 Å². The average molecular weight is 312 g/mol. The first-order valence-corrected chi connectivity index (χ1v) is 7.74. The van der Waals surface area contributed by atoms with E-state index in [2.05, 4.69) is 4.72 Å². The highest BCUT2D eigenvalue weighted by atomic mass is 35.5. The van der Waals surface area contributed by atoms with E-state index in [0.717, 1.165) is 5.56 Å². The first kappa shape index (κ1) is 14.7. The molecular weight excluding hydrogens is 298 g/mol. The Bertz CT molecular complexity index is 757. The molecule has 0 saturated heterocycles. The van der Waals surface area contributed by atoms with Crippen molar-refractivity contribution >= 4 is 27.3 Å². The van der Waals surface area contributed by atoms with Crippen molar-refractivity contribution < 1.29 is 13.5 Å². The number of aromatic hydroxyl groups is 1. The number of aryl methyl sites for hydroxylation is 2. The first-order chi connectivity index (χ1) is 9.29. The first-order valence-electron chi connectivity index (χ1n) is 5.88. The molecule has 0 saturated carbocycles. The van der Waals surface area contributed by atoms with E-state index in [1.807, 2.05) is 13.0 Å². The second kappa shape index (κ2) is 5.34. The van der Waals surface area contributed by atoms with Crippen LogP contribution in [0.15, 0.2) is 41.3 Å². The van der Waals surface area contributed by atoms with Gasteiger partial charge in [-0.1, -0.05) is 23.7 Å². The van der Waals surface area contributed by atoms with Crippen LogP contribution >= 0.6 is 11.6 Å². The van der Waals surface area contributed by atoms with Gasteiger partial charge in [0.15, 0.2) is 0 Å². The van der Waals surface area contributed by atoms with E-state index < -0.39 is 10.0 Å². The Morgan fingerprint density at radius 3 is 2.45 bits per heavy atom. The standard InChI is InChI=1S/C14H14ClNO3S/c1-9-3-4-10(2)14(7-9)20(18,19)16-11-5-6-13(17)12(15)8-11/h3-8,16-17H,1-2H3. The average Bonchev–Trinajstić information content (AvgIpc) is 2.36. The third kappa shape index (κ3) is 3.05. The molecule has 0 radical (unpaired) electrons. The van der Waals surface area contributed by atoms with Gasteiger partial charge < -0.3 is 5.11 Å². The van der Waals surface area contributed by atoms with Crippen LogP contribution in [0.2, 0.25) is 5.02 Å². The maximum Gasteiger partial charge on any atom is 0.262 e. The summed E-state index contributed by atoms with van der Waals surface area (Å²) in [5, 5.41) is 9.42. The predicted molar refractivity (Wildman–Crippen MR) is 79.8 cm³/mol. The molecule has 2 N–H and O–H groups in total. The van der Waals surface area contributed by atoms with Crippen molar-refractivity contribution in [2.75, 3.05) is 4.72 Å². The van der Waals surface area contributed by atoms with Crippen LogP contribution in [0.25, 0.3) is 0 Å². The normalized spacial score (nSPS) is 11.3. The van der Waals surface area contributed by atoms with Gasteiger partial charge in [-0.15, -0.1) is 0 Å². The van der Waals surface area contributed by atoms with E-state index in [-0.39, 0.29) is 15.7 Å². The largest absolute Gasteiger partial charge is 0.506 e. The summed E-state index contributed by atoms with van der Waals surface area (Å²) in [6, 6.07) is 9.37. The number of rotatable bonds is 3. The van der Waals surface area contributed by atoms with Gasteiger partial charge in [-0.05, 0) is 49.2 Å². The molecule has 0 unspecified atom stereocenters. The fourth-order valence-electron chi connectivity index (χ4n) is 1.78. The second-order valence-electron chi connectivity index (χ2n) is 4.54. The molecule has 0 amide bonds. The zero-order valence-corrected chi connectivity index (χ0v) is 12.6. The summed E-state index contributed by atoms with van der Waals surface area (Å²) in [7, 11) is -3.69. The molecular formula is C14H14ClNO3S. The predicted octanol–water partition coefficient (Wildman–Crippen LogP) is 3.46. The van der Waals surface area contributed by atoms with Crippen molar-refractivity contribution in [3.05, 3.63) is 52.5 Å². The third-order valence-electron chi connectivity index (χ3n) is 2.83. The molecule has 0 aliphatic heterocycles. The number of nitrogens with one attached hydrogen (secondary N) is 1. The van der Waals surface area contributed by atoms with Crippen LogP contribution in [0.5, 0.6) is 5.75 Å². The molecule has 0 aliphatic rings. The van der Waals surface area contributed by atoms with E-state index in [0.29, 0.717) is 11.3 Å². The highest BCUT2D eigenvalue weighted by Gasteiger charge is 2.17. The van der Waals surface area contributed by atoms with E-state index in [1.165, 1.54) is 18.2 Å². The van der Waals surface area contributed by atoms with Gasteiger partial charge in [0.25, 0.3) is 10.0 Å². The quantitative estimate of drug-likeness (QED) is 0.853. The number of hydrogen-bond donors (Lipinski definition) is 2. The van der Waals surface area contributed by atoms with Crippen LogP contribution in [-0.2, 0) is 10.0 Å². The number of phenolic OH excluding ortho intramolecular Hbond substituents is 1. The molecule has 4 nitrogen and oxygen atoms in total. The molecule has 0 spiro atoms. The molecule has 0 heterocycles. The number of hydrogen-bond acceptors (Lipinski definition) is 3. The molecule has 0 fully saturated rings. The van der Waals surface area contributed by atoms with Crippen molar-refractivity contribution in [1.29, 1.82) is 0 Å². The number of sulfonamides is 1. The molecule has 106 valence electrons. The molecule has 0 bridgehead atoms. The lowest BCUT2D eigenvalue weighted by atomic mass is 10.2. The van der Waals surface area contributed by atoms with E-state index in [4.69, 9.17) is 11.6 Å². The Kier molecular flexibility index (Phi) is 3.92. The van der Waals surface area contributed by atoms with Gasteiger partial charge in [0.05, 0.1) is 15.6 Å². The van der Waals surface area contributed by atoms with Crippen LogP contribution in [0.4, 0.5) is 5.69 Å². The van der Waals surface area contributed by atoms with Crippen LogP contribution in [0.1, 0.15) is 11.1 Å². The molecule has 0 aromatic heterocycles. The Morgan fingerprint density at radius 2 is 1.80 bits per heavy atom. The zero-order chi connectivity index (χ0) is 14.9. The summed E-state index contributed by atoms with van der Waals surface area (Å²) >= 11 is 5.76. The molecule has 0 atom stereocenters. The SMILES string of the molecule is Cc1ccc(C)c(S(=O)(=O)Nc2ccc(O)c(Cl)c2)c1. The highest BCUT2D eigenvalue weighted by Crippen LogP contribution is 2.28. The summed E-state index contributed by atoms with van der Waals surface area (Å²) < 4.78 is 27.2. The minimum absolute atomic E-state index is 0.0890. The van der Waals surface area contributed by atoms with Crippen LogP contribution in [-0.4, -0.2) is 13.5 Å². The van der Waals surface area contributed by atoms with Crippen molar-refractivity contribution in [2.45, 2.75) is 18.7 Å². The van der Waals surface area contributed by atoms with Crippen molar-refractivity contribution in [3.63, 3.8) is 0 Å². The highest BCUT2D eigenvalue weighted by molar-refractivity contribution is 7.92. The second-order valence-corrected chi connectivity index (χ2v) is 6.60. The molecule has 2 aromatic rings. The number of anilines is 1. The summed E-state index contributed by atoms with van der Waals surface area (Å²) in [5.74, 6) is -0.0960. The molecule has 20 heavy (non-hydrogen) atoms. The van der Waals surface area contributed by atoms with E-state index in [1.54, 1.807) is 19.1 Å². The number of phenols is 1. The van der Waals surface area contributed by atoms with Gasteiger partial charge in [-0.3, -0.25) is 4.72 Å². The lowest BCUT2D eigenvalue weighted by molar-refractivity contribution is 0.475.